The van der Waals surface area contributed by atoms with Crippen LogP contribution >= 0.6 is 0 Å². The van der Waals surface area contributed by atoms with Gasteiger partial charge in [-0.1, -0.05) is 13.0 Å². The predicted molar refractivity (Wildman–Crippen MR) is 74.6 cm³/mol. The quantitative estimate of drug-likeness (QED) is 0.888. The van der Waals surface area contributed by atoms with E-state index in [1.807, 2.05) is 18.2 Å². The van der Waals surface area contributed by atoms with Gasteiger partial charge in [-0.05, 0) is 30.5 Å². The minimum Gasteiger partial charge on any atom is -0.493 e. The average molecular weight is 265 g/mol. The fourth-order valence-corrected chi connectivity index (χ4v) is 2.80. The van der Waals surface area contributed by atoms with E-state index < -0.39 is 0 Å². The van der Waals surface area contributed by atoms with Crippen LogP contribution in [-0.4, -0.2) is 26.9 Å². The van der Waals surface area contributed by atoms with Crippen LogP contribution in [0.15, 0.2) is 18.2 Å². The molecule has 0 radical (unpaired) electrons. The van der Waals surface area contributed by atoms with Crippen LogP contribution in [0.3, 0.4) is 0 Å². The SMILES string of the molecule is CCC1OCCC1C(N)c1ccc(OC)c(OC)c1. The lowest BCUT2D eigenvalue weighted by molar-refractivity contribution is 0.0813. The Kier molecular flexibility index (Phi) is 4.66. The van der Waals surface area contributed by atoms with Gasteiger partial charge in [0, 0.05) is 18.6 Å². The third-order valence-electron chi connectivity index (χ3n) is 3.92. The van der Waals surface area contributed by atoms with E-state index in [9.17, 15) is 0 Å². The minimum absolute atomic E-state index is 0.0211. The van der Waals surface area contributed by atoms with Crippen LogP contribution in [0.1, 0.15) is 31.4 Å². The summed E-state index contributed by atoms with van der Waals surface area (Å²) in [5.74, 6) is 1.83. The lowest BCUT2D eigenvalue weighted by Gasteiger charge is -2.24. The fraction of sp³-hybridized carbons (Fsp3) is 0.600. The van der Waals surface area contributed by atoms with Crippen molar-refractivity contribution in [2.75, 3.05) is 20.8 Å². The molecular weight excluding hydrogens is 242 g/mol. The van der Waals surface area contributed by atoms with Crippen LogP contribution < -0.4 is 15.2 Å². The van der Waals surface area contributed by atoms with Crippen molar-refractivity contribution in [2.45, 2.75) is 31.9 Å². The molecular formula is C15H23NO3. The van der Waals surface area contributed by atoms with Crippen LogP contribution in [0.25, 0.3) is 0 Å². The summed E-state index contributed by atoms with van der Waals surface area (Å²) in [5, 5.41) is 0. The topological polar surface area (TPSA) is 53.7 Å². The Morgan fingerprint density at radius 2 is 2.05 bits per heavy atom. The second kappa shape index (κ2) is 6.26. The first kappa shape index (κ1) is 14.2. The van der Waals surface area contributed by atoms with Gasteiger partial charge in [-0.15, -0.1) is 0 Å². The Morgan fingerprint density at radius 1 is 1.32 bits per heavy atom. The van der Waals surface area contributed by atoms with Crippen LogP contribution in [0, 0.1) is 5.92 Å². The highest BCUT2D eigenvalue weighted by atomic mass is 16.5. The normalized spacial score (nSPS) is 24.2. The first-order valence-electron chi connectivity index (χ1n) is 6.80. The van der Waals surface area contributed by atoms with Crippen LogP contribution in [0.2, 0.25) is 0 Å². The highest BCUT2D eigenvalue weighted by Gasteiger charge is 2.32. The van der Waals surface area contributed by atoms with E-state index >= 15 is 0 Å². The van der Waals surface area contributed by atoms with E-state index in [-0.39, 0.29) is 12.1 Å². The molecule has 0 aliphatic carbocycles. The van der Waals surface area contributed by atoms with Gasteiger partial charge in [-0.25, -0.2) is 0 Å². The molecule has 1 fully saturated rings. The molecule has 19 heavy (non-hydrogen) atoms. The van der Waals surface area contributed by atoms with Crippen molar-refractivity contribution in [2.24, 2.45) is 11.7 Å². The molecule has 1 aliphatic heterocycles. The summed E-state index contributed by atoms with van der Waals surface area (Å²) in [6, 6.07) is 5.86. The van der Waals surface area contributed by atoms with E-state index in [0.717, 1.165) is 36.5 Å². The molecule has 1 saturated heterocycles. The zero-order valence-electron chi connectivity index (χ0n) is 11.9. The van der Waals surface area contributed by atoms with E-state index in [4.69, 9.17) is 19.9 Å². The molecule has 2 rings (SSSR count). The number of ether oxygens (including phenoxy) is 3. The van der Waals surface area contributed by atoms with Gasteiger partial charge >= 0.3 is 0 Å². The Balaban J connectivity index is 2.21. The Hall–Kier alpha value is -1.26. The minimum atomic E-state index is -0.0211. The third kappa shape index (κ3) is 2.85. The largest absolute Gasteiger partial charge is 0.493 e. The summed E-state index contributed by atoms with van der Waals surface area (Å²) in [6.45, 7) is 2.95. The van der Waals surface area contributed by atoms with Gasteiger partial charge in [-0.3, -0.25) is 0 Å². The van der Waals surface area contributed by atoms with E-state index in [1.165, 1.54) is 0 Å². The van der Waals surface area contributed by atoms with Gasteiger partial charge in [0.15, 0.2) is 11.5 Å². The van der Waals surface area contributed by atoms with Crippen molar-refractivity contribution < 1.29 is 14.2 Å². The number of methoxy groups -OCH3 is 2. The van der Waals surface area contributed by atoms with Crippen molar-refractivity contribution in [3.8, 4) is 11.5 Å². The number of hydrogen-bond acceptors (Lipinski definition) is 4. The monoisotopic (exact) mass is 265 g/mol. The Bertz CT molecular complexity index is 422. The van der Waals surface area contributed by atoms with Crippen LogP contribution in [0.4, 0.5) is 0 Å². The fourth-order valence-electron chi connectivity index (χ4n) is 2.80. The Labute approximate surface area is 114 Å². The first-order valence-corrected chi connectivity index (χ1v) is 6.80. The van der Waals surface area contributed by atoms with Crippen LogP contribution in [-0.2, 0) is 4.74 Å². The lowest BCUT2D eigenvalue weighted by Crippen LogP contribution is -2.28. The summed E-state index contributed by atoms with van der Waals surface area (Å²) < 4.78 is 16.3. The van der Waals surface area contributed by atoms with E-state index in [0.29, 0.717) is 5.92 Å². The molecule has 106 valence electrons. The number of benzene rings is 1. The maximum absolute atomic E-state index is 6.41. The van der Waals surface area contributed by atoms with Crippen molar-refractivity contribution in [1.29, 1.82) is 0 Å². The Morgan fingerprint density at radius 3 is 2.68 bits per heavy atom. The van der Waals surface area contributed by atoms with Gasteiger partial charge in [0.1, 0.15) is 0 Å². The summed E-state index contributed by atoms with van der Waals surface area (Å²) in [7, 11) is 3.27. The van der Waals surface area contributed by atoms with Gasteiger partial charge in [0.05, 0.1) is 20.3 Å². The molecule has 1 aromatic rings. The molecule has 1 heterocycles. The van der Waals surface area contributed by atoms with Gasteiger partial charge < -0.3 is 19.9 Å². The number of hydrogen-bond donors (Lipinski definition) is 1. The average Bonchev–Trinajstić information content (AvgIpc) is 2.94. The molecule has 3 unspecified atom stereocenters. The predicted octanol–water partition coefficient (Wildman–Crippen LogP) is 2.52. The number of nitrogens with two attached hydrogens (primary N) is 1. The van der Waals surface area contributed by atoms with E-state index in [1.54, 1.807) is 14.2 Å². The maximum Gasteiger partial charge on any atom is 0.161 e. The number of rotatable bonds is 5. The lowest BCUT2D eigenvalue weighted by atomic mass is 9.87. The summed E-state index contributed by atoms with van der Waals surface area (Å²) in [4.78, 5) is 0. The van der Waals surface area contributed by atoms with Gasteiger partial charge in [0.2, 0.25) is 0 Å². The molecule has 3 atom stereocenters. The van der Waals surface area contributed by atoms with Crippen molar-refractivity contribution in [3.05, 3.63) is 23.8 Å². The first-order chi connectivity index (χ1) is 9.21. The maximum atomic E-state index is 6.41. The zero-order chi connectivity index (χ0) is 13.8. The molecule has 0 aromatic heterocycles. The van der Waals surface area contributed by atoms with E-state index in [2.05, 4.69) is 6.92 Å². The highest BCUT2D eigenvalue weighted by Crippen LogP contribution is 2.36. The van der Waals surface area contributed by atoms with Crippen molar-refractivity contribution in [1.82, 2.24) is 0 Å². The van der Waals surface area contributed by atoms with Crippen molar-refractivity contribution >= 4 is 0 Å². The van der Waals surface area contributed by atoms with Gasteiger partial charge in [0.25, 0.3) is 0 Å². The molecule has 0 amide bonds. The summed E-state index contributed by atoms with van der Waals surface area (Å²) in [6.07, 6.45) is 2.29. The molecule has 0 spiro atoms. The second-order valence-electron chi connectivity index (χ2n) is 4.91. The molecule has 4 heteroatoms. The molecule has 0 saturated carbocycles. The molecule has 4 nitrogen and oxygen atoms in total. The summed E-state index contributed by atoms with van der Waals surface area (Å²) >= 11 is 0. The standard InChI is InChI=1S/C15H23NO3/c1-4-12-11(7-8-19-12)15(16)10-5-6-13(17-2)14(9-10)18-3/h5-6,9,11-12,15H,4,7-8,16H2,1-3H3. The molecule has 1 aliphatic rings. The zero-order valence-corrected chi connectivity index (χ0v) is 11.9. The molecule has 2 N–H and O–H groups in total. The summed E-state index contributed by atoms with van der Waals surface area (Å²) in [5.41, 5.74) is 7.48. The molecule has 1 aromatic carbocycles. The second-order valence-corrected chi connectivity index (χ2v) is 4.91. The van der Waals surface area contributed by atoms with Gasteiger partial charge in [-0.2, -0.15) is 0 Å². The van der Waals surface area contributed by atoms with Crippen LogP contribution in [0.5, 0.6) is 11.5 Å². The smallest absolute Gasteiger partial charge is 0.161 e. The van der Waals surface area contributed by atoms with Crippen molar-refractivity contribution in [3.63, 3.8) is 0 Å². The molecule has 0 bridgehead atoms. The highest BCUT2D eigenvalue weighted by molar-refractivity contribution is 5.43. The third-order valence-corrected chi connectivity index (χ3v) is 3.92.